The molecule has 5 saturated carbocycles. The Balaban J connectivity index is 1.17. The Kier molecular flexibility index (Phi) is 3.60. The first-order valence-corrected chi connectivity index (χ1v) is 11.8. The van der Waals surface area contributed by atoms with Crippen molar-refractivity contribution in [2.24, 2.45) is 23.7 Å². The maximum absolute atomic E-state index is 13.1. The predicted octanol–water partition coefficient (Wildman–Crippen LogP) is 2.73. The quantitative estimate of drug-likeness (QED) is 0.838. The second kappa shape index (κ2) is 5.81. The summed E-state index contributed by atoms with van der Waals surface area (Å²) >= 11 is 1.93. The summed E-state index contributed by atoms with van der Waals surface area (Å²) in [6.07, 6.45) is 12.0. The molecule has 4 bridgehead atoms. The van der Waals surface area contributed by atoms with Gasteiger partial charge in [0.1, 0.15) is 6.04 Å². The molecule has 4 heteroatoms. The molecule has 3 nitrogen and oxygen atoms in total. The molecule has 1 unspecified atom stereocenters. The van der Waals surface area contributed by atoms with Crippen LogP contribution in [-0.4, -0.2) is 24.5 Å². The fraction of sp³-hybridized carbons (Fsp3) is 0.773. The number of thiophene rings is 1. The number of rotatable bonds is 4. The Hall–Kier alpha value is -0.870. The van der Waals surface area contributed by atoms with E-state index in [1.54, 1.807) is 15.3 Å². The minimum Gasteiger partial charge on any atom is -0.346 e. The van der Waals surface area contributed by atoms with Gasteiger partial charge in [-0.3, -0.25) is 4.79 Å². The summed E-state index contributed by atoms with van der Waals surface area (Å²) in [5.41, 5.74) is 1.74. The molecule has 26 heavy (non-hydrogen) atoms. The molecule has 0 radical (unpaired) electrons. The monoisotopic (exact) mass is 371 g/mol. The molecule has 5 aliphatic carbocycles. The smallest absolute Gasteiger partial charge is 0.275 e. The van der Waals surface area contributed by atoms with Gasteiger partial charge in [0.05, 0.1) is 6.54 Å². The summed E-state index contributed by atoms with van der Waals surface area (Å²) in [6, 6.07) is 2.94. The molecule has 0 aromatic carbocycles. The molecule has 1 amide bonds. The van der Waals surface area contributed by atoms with Gasteiger partial charge in [0.25, 0.3) is 5.91 Å². The Morgan fingerprint density at radius 1 is 1.15 bits per heavy atom. The van der Waals surface area contributed by atoms with E-state index < -0.39 is 0 Å². The van der Waals surface area contributed by atoms with Gasteiger partial charge in [-0.25, -0.2) is 0 Å². The van der Waals surface area contributed by atoms with Crippen LogP contribution in [-0.2, 0) is 11.2 Å². The molecule has 2 N–H and O–H groups in total. The first-order chi connectivity index (χ1) is 12.7. The topological polar surface area (TPSA) is 33.5 Å². The number of carbonyl (C=O) groups excluding carboxylic acids is 1. The lowest BCUT2D eigenvalue weighted by Crippen LogP contribution is -3.14. The molecule has 5 fully saturated rings. The highest BCUT2D eigenvalue weighted by molar-refractivity contribution is 7.10. The maximum atomic E-state index is 13.1. The highest BCUT2D eigenvalue weighted by Crippen LogP contribution is 2.55. The molecule has 1 aromatic rings. The van der Waals surface area contributed by atoms with Crippen LogP contribution in [0.15, 0.2) is 11.4 Å². The van der Waals surface area contributed by atoms with Gasteiger partial charge in [-0.1, -0.05) is 0 Å². The van der Waals surface area contributed by atoms with Crippen molar-refractivity contribution in [3.63, 3.8) is 0 Å². The van der Waals surface area contributed by atoms with E-state index in [1.807, 2.05) is 11.3 Å². The zero-order valence-electron chi connectivity index (χ0n) is 15.6. The largest absolute Gasteiger partial charge is 0.346 e. The van der Waals surface area contributed by atoms with E-state index in [0.29, 0.717) is 18.5 Å². The van der Waals surface area contributed by atoms with Gasteiger partial charge in [0, 0.05) is 28.3 Å². The molecule has 0 saturated heterocycles. The Morgan fingerprint density at radius 3 is 2.50 bits per heavy atom. The second-order valence-corrected chi connectivity index (χ2v) is 11.2. The fourth-order valence-electron chi connectivity index (χ4n) is 7.51. The summed E-state index contributed by atoms with van der Waals surface area (Å²) < 4.78 is 0. The van der Waals surface area contributed by atoms with Gasteiger partial charge in [0.15, 0.2) is 6.54 Å². The summed E-state index contributed by atoms with van der Waals surface area (Å²) in [6.45, 7) is 1.83. The van der Waals surface area contributed by atoms with Crippen LogP contribution in [0.2, 0.25) is 0 Å². The SMILES string of the molecule is O=C(C[NH+]1CCc2sccc2[C@H]1C1CC1)NC12CC3CC(CC(C3)C1)C2. The molecular weight excluding hydrogens is 340 g/mol. The average molecular weight is 372 g/mol. The van der Waals surface area contributed by atoms with Crippen molar-refractivity contribution in [1.29, 1.82) is 0 Å². The van der Waals surface area contributed by atoms with Gasteiger partial charge in [-0.2, -0.15) is 0 Å². The number of amides is 1. The summed E-state index contributed by atoms with van der Waals surface area (Å²) in [4.78, 5) is 16.2. The molecule has 6 aliphatic rings. The Bertz CT molecular complexity index is 686. The maximum Gasteiger partial charge on any atom is 0.275 e. The van der Waals surface area contributed by atoms with Crippen molar-refractivity contribution >= 4 is 17.2 Å². The van der Waals surface area contributed by atoms with Crippen LogP contribution < -0.4 is 10.2 Å². The highest BCUT2D eigenvalue weighted by Gasteiger charge is 2.52. The molecule has 7 rings (SSSR count). The van der Waals surface area contributed by atoms with Crippen LogP contribution >= 0.6 is 11.3 Å². The fourth-order valence-corrected chi connectivity index (χ4v) is 8.44. The van der Waals surface area contributed by atoms with Crippen LogP contribution in [0.3, 0.4) is 0 Å². The van der Waals surface area contributed by atoms with Crippen molar-refractivity contribution in [2.75, 3.05) is 13.1 Å². The number of hydrogen-bond donors (Lipinski definition) is 2. The molecular formula is C22H31N2OS+. The highest BCUT2D eigenvalue weighted by atomic mass is 32.1. The van der Waals surface area contributed by atoms with Gasteiger partial charge in [-0.15, -0.1) is 11.3 Å². The van der Waals surface area contributed by atoms with Crippen LogP contribution in [0.5, 0.6) is 0 Å². The summed E-state index contributed by atoms with van der Waals surface area (Å²) in [7, 11) is 0. The lowest BCUT2D eigenvalue weighted by Gasteiger charge is -2.56. The van der Waals surface area contributed by atoms with Gasteiger partial charge >= 0.3 is 0 Å². The number of carbonyl (C=O) groups is 1. The summed E-state index contributed by atoms with van der Waals surface area (Å²) in [5.74, 6) is 3.86. The molecule has 2 atom stereocenters. The number of hydrogen-bond acceptors (Lipinski definition) is 2. The van der Waals surface area contributed by atoms with Gasteiger partial charge < -0.3 is 10.2 Å². The minimum absolute atomic E-state index is 0.170. The minimum atomic E-state index is 0.170. The van der Waals surface area contributed by atoms with E-state index in [0.717, 1.165) is 36.6 Å². The van der Waals surface area contributed by atoms with Crippen LogP contribution in [0.1, 0.15) is 67.8 Å². The molecule has 1 aliphatic heterocycles. The zero-order valence-corrected chi connectivity index (χ0v) is 16.5. The predicted molar refractivity (Wildman–Crippen MR) is 103 cm³/mol. The third-order valence-electron chi connectivity index (χ3n) is 8.15. The normalized spacial score (nSPS) is 43.3. The van der Waals surface area contributed by atoms with E-state index in [-0.39, 0.29) is 5.54 Å². The van der Waals surface area contributed by atoms with Crippen molar-refractivity contribution in [3.8, 4) is 0 Å². The lowest BCUT2D eigenvalue weighted by molar-refractivity contribution is -0.928. The van der Waals surface area contributed by atoms with E-state index in [2.05, 4.69) is 16.8 Å². The van der Waals surface area contributed by atoms with E-state index in [9.17, 15) is 4.79 Å². The van der Waals surface area contributed by atoms with Crippen LogP contribution in [0, 0.1) is 23.7 Å². The number of nitrogens with one attached hydrogen (secondary N) is 2. The van der Waals surface area contributed by atoms with Crippen molar-refractivity contribution in [2.45, 2.75) is 69.4 Å². The van der Waals surface area contributed by atoms with Crippen molar-refractivity contribution in [3.05, 3.63) is 21.9 Å². The zero-order chi connectivity index (χ0) is 17.3. The van der Waals surface area contributed by atoms with E-state index in [4.69, 9.17) is 0 Å². The van der Waals surface area contributed by atoms with Gasteiger partial charge in [0.2, 0.25) is 0 Å². The average Bonchev–Trinajstić information content (AvgIpc) is 3.29. The lowest BCUT2D eigenvalue weighted by atomic mass is 9.53. The molecule has 0 spiro atoms. The van der Waals surface area contributed by atoms with E-state index >= 15 is 0 Å². The Morgan fingerprint density at radius 2 is 1.85 bits per heavy atom. The van der Waals surface area contributed by atoms with Crippen LogP contribution in [0.4, 0.5) is 0 Å². The van der Waals surface area contributed by atoms with Crippen molar-refractivity contribution in [1.82, 2.24) is 5.32 Å². The number of quaternary nitrogens is 1. The first kappa shape index (κ1) is 16.1. The summed E-state index contributed by atoms with van der Waals surface area (Å²) in [5, 5.41) is 5.87. The Labute approximate surface area is 160 Å². The second-order valence-electron chi connectivity index (χ2n) is 10.2. The molecule has 1 aromatic heterocycles. The van der Waals surface area contributed by atoms with Gasteiger partial charge in [-0.05, 0) is 80.6 Å². The van der Waals surface area contributed by atoms with E-state index in [1.165, 1.54) is 51.4 Å². The molecule has 140 valence electrons. The van der Waals surface area contributed by atoms with Crippen LogP contribution in [0.25, 0.3) is 0 Å². The number of fused-ring (bicyclic) bond motifs is 1. The first-order valence-electron chi connectivity index (χ1n) is 10.9. The van der Waals surface area contributed by atoms with Crippen molar-refractivity contribution < 1.29 is 9.69 Å². The standard InChI is InChI=1S/C22H30N2OS/c25-20(23-22-10-14-7-15(11-22)9-16(8-14)12-22)13-24-5-3-19-18(4-6-26-19)21(24)17-1-2-17/h4,6,14-17,21H,1-3,5,7-13H2,(H,23,25)/p+1/t14?,15?,16?,21-,22?/m1/s1. The molecule has 2 heterocycles. The third kappa shape index (κ3) is 2.67. The third-order valence-corrected chi connectivity index (χ3v) is 9.15.